The van der Waals surface area contributed by atoms with Crippen molar-refractivity contribution in [1.29, 1.82) is 0 Å². The van der Waals surface area contributed by atoms with Gasteiger partial charge in [-0.3, -0.25) is 25.7 Å². The van der Waals surface area contributed by atoms with Gasteiger partial charge in [0.1, 0.15) is 5.69 Å². The van der Waals surface area contributed by atoms with Gasteiger partial charge in [0.15, 0.2) is 0 Å². The van der Waals surface area contributed by atoms with Gasteiger partial charge in [0.05, 0.1) is 22.0 Å². The van der Waals surface area contributed by atoms with Crippen molar-refractivity contribution in [3.8, 4) is 0 Å². The number of aliphatic hydroxyl groups is 1. The zero-order valence-electron chi connectivity index (χ0n) is 14.2. The maximum Gasteiger partial charge on any atom is 0.301 e. The fourth-order valence-electron chi connectivity index (χ4n) is 4.13. The van der Waals surface area contributed by atoms with Crippen molar-refractivity contribution in [3.05, 3.63) is 38.4 Å². The zero-order valence-corrected chi connectivity index (χ0v) is 14.2. The Morgan fingerprint density at radius 3 is 2.40 bits per heavy atom. The van der Waals surface area contributed by atoms with Crippen LogP contribution < -0.4 is 5.43 Å². The van der Waals surface area contributed by atoms with Crippen molar-refractivity contribution in [2.75, 3.05) is 5.43 Å². The molecule has 0 amide bonds. The third kappa shape index (κ3) is 2.46. The van der Waals surface area contributed by atoms with E-state index >= 15 is 0 Å². The first-order chi connectivity index (χ1) is 11.6. The molecule has 2 saturated carbocycles. The minimum absolute atomic E-state index is 0.0945. The summed E-state index contributed by atoms with van der Waals surface area (Å²) in [5.41, 5.74) is 2.53. The predicted octanol–water partition coefficient (Wildman–Crippen LogP) is 3.09. The van der Waals surface area contributed by atoms with E-state index in [2.05, 4.69) is 24.4 Å². The maximum atomic E-state index is 11.2. The van der Waals surface area contributed by atoms with Gasteiger partial charge in [-0.2, -0.15) is 5.10 Å². The third-order valence-corrected chi connectivity index (χ3v) is 6.20. The molecule has 3 unspecified atom stereocenters. The minimum atomic E-state index is -0.677. The van der Waals surface area contributed by atoms with Crippen molar-refractivity contribution in [2.24, 2.45) is 21.8 Å². The van der Waals surface area contributed by atoms with E-state index in [0.717, 1.165) is 11.8 Å². The second kappa shape index (κ2) is 5.48. The molecule has 1 aromatic carbocycles. The number of nitrogens with zero attached hydrogens (tertiary/aromatic N) is 3. The Morgan fingerprint density at radius 2 is 1.92 bits per heavy atom. The van der Waals surface area contributed by atoms with E-state index < -0.39 is 15.5 Å². The number of hydrogen-bond donors (Lipinski definition) is 2. The molecule has 0 radical (unpaired) electrons. The van der Waals surface area contributed by atoms with Crippen molar-refractivity contribution >= 4 is 22.8 Å². The largest absolute Gasteiger partial charge is 0.393 e. The molecule has 2 N–H and O–H groups in total. The molecule has 1 aromatic rings. The standard InChI is InChI=1S/C16H20N4O5/c1-15(2)10-7-14(21)16(15,3)8-12(10)18-17-11-5-4-9(19(22)23)6-13(11)20(24)25/h4-6,10,14,17,21H,7-8H2,1-3H3/b18-12-. The summed E-state index contributed by atoms with van der Waals surface area (Å²) in [6.07, 6.45) is 0.839. The van der Waals surface area contributed by atoms with Gasteiger partial charge in [-0.15, -0.1) is 0 Å². The fourth-order valence-corrected chi connectivity index (χ4v) is 4.13. The van der Waals surface area contributed by atoms with Crippen molar-refractivity contribution in [3.63, 3.8) is 0 Å². The number of fused-ring (bicyclic) bond motifs is 2. The van der Waals surface area contributed by atoms with Gasteiger partial charge in [-0.25, -0.2) is 0 Å². The second-order valence-corrected chi connectivity index (χ2v) is 7.55. The van der Waals surface area contributed by atoms with Crippen LogP contribution in [0.15, 0.2) is 23.3 Å². The molecule has 134 valence electrons. The number of nitrogens with one attached hydrogen (secondary N) is 1. The summed E-state index contributed by atoms with van der Waals surface area (Å²) in [5.74, 6) is 0.0945. The first-order valence-electron chi connectivity index (χ1n) is 8.01. The summed E-state index contributed by atoms with van der Waals surface area (Å²) >= 11 is 0. The van der Waals surface area contributed by atoms with Gasteiger partial charge in [-0.1, -0.05) is 20.8 Å². The molecule has 3 rings (SSSR count). The van der Waals surface area contributed by atoms with E-state index in [1.165, 1.54) is 12.1 Å². The summed E-state index contributed by atoms with van der Waals surface area (Å²) in [7, 11) is 0. The summed E-state index contributed by atoms with van der Waals surface area (Å²) in [6, 6.07) is 3.40. The van der Waals surface area contributed by atoms with Crippen LogP contribution in [0.5, 0.6) is 0 Å². The molecule has 2 aliphatic carbocycles. The smallest absolute Gasteiger partial charge is 0.301 e. The molecule has 3 atom stereocenters. The molecule has 0 saturated heterocycles. The number of nitro groups is 2. The van der Waals surface area contributed by atoms with Gasteiger partial charge in [-0.05, 0) is 24.3 Å². The average Bonchev–Trinajstić information content (AvgIpc) is 2.83. The lowest BCUT2D eigenvalue weighted by Crippen LogP contribution is -2.35. The quantitative estimate of drug-likeness (QED) is 0.635. The summed E-state index contributed by atoms with van der Waals surface area (Å²) in [4.78, 5) is 20.6. The predicted molar refractivity (Wildman–Crippen MR) is 91.4 cm³/mol. The molecule has 0 heterocycles. The summed E-state index contributed by atoms with van der Waals surface area (Å²) in [6.45, 7) is 6.24. The molecule has 9 heteroatoms. The minimum Gasteiger partial charge on any atom is -0.393 e. The van der Waals surface area contributed by atoms with Crippen LogP contribution in [0.2, 0.25) is 0 Å². The number of aliphatic hydroxyl groups excluding tert-OH is 1. The fraction of sp³-hybridized carbons (Fsp3) is 0.562. The second-order valence-electron chi connectivity index (χ2n) is 7.55. The van der Waals surface area contributed by atoms with Gasteiger partial charge in [0, 0.05) is 23.1 Å². The number of rotatable bonds is 4. The number of nitro benzene ring substituents is 2. The molecule has 0 aliphatic heterocycles. The number of non-ortho nitro benzene ring substituents is 1. The van der Waals surface area contributed by atoms with Crippen LogP contribution in [0.4, 0.5) is 17.1 Å². The number of hydrazone groups is 1. The Balaban J connectivity index is 1.89. The molecule has 0 aromatic heterocycles. The lowest BCUT2D eigenvalue weighted by molar-refractivity contribution is -0.393. The summed E-state index contributed by atoms with van der Waals surface area (Å²) < 4.78 is 0. The lowest BCUT2D eigenvalue weighted by atomic mass is 9.70. The zero-order chi connectivity index (χ0) is 18.6. The van der Waals surface area contributed by atoms with Crippen molar-refractivity contribution in [1.82, 2.24) is 0 Å². The van der Waals surface area contributed by atoms with Crippen LogP contribution in [-0.4, -0.2) is 26.8 Å². The van der Waals surface area contributed by atoms with Crippen LogP contribution in [0.3, 0.4) is 0 Å². The number of hydrogen-bond acceptors (Lipinski definition) is 7. The Kier molecular flexibility index (Phi) is 3.79. The van der Waals surface area contributed by atoms with E-state index in [4.69, 9.17) is 0 Å². The van der Waals surface area contributed by atoms with Gasteiger partial charge in [0.25, 0.3) is 5.69 Å². The Bertz CT molecular complexity index is 791. The van der Waals surface area contributed by atoms with Crippen LogP contribution >= 0.6 is 0 Å². The van der Waals surface area contributed by atoms with E-state index in [-0.39, 0.29) is 34.2 Å². The SMILES string of the molecule is CC1(C)C2CC(O)C1(C)C/C2=N/Nc1ccc([N+](=O)[O-])cc1[N+](=O)[O-]. The Morgan fingerprint density at radius 1 is 1.24 bits per heavy atom. The van der Waals surface area contributed by atoms with Crippen LogP contribution in [0.25, 0.3) is 0 Å². The van der Waals surface area contributed by atoms with E-state index in [1.807, 2.05) is 6.92 Å². The Labute approximate surface area is 144 Å². The third-order valence-electron chi connectivity index (χ3n) is 6.20. The molecule has 25 heavy (non-hydrogen) atoms. The summed E-state index contributed by atoms with van der Waals surface area (Å²) in [5, 5.41) is 36.6. The molecule has 2 aliphatic rings. The molecular formula is C16H20N4O5. The normalized spacial score (nSPS) is 31.3. The highest BCUT2D eigenvalue weighted by Gasteiger charge is 2.64. The topological polar surface area (TPSA) is 131 Å². The Hall–Kier alpha value is -2.55. The molecule has 0 spiro atoms. The molecular weight excluding hydrogens is 328 g/mol. The number of benzene rings is 1. The van der Waals surface area contributed by atoms with Crippen LogP contribution in [0.1, 0.15) is 33.6 Å². The average molecular weight is 348 g/mol. The van der Waals surface area contributed by atoms with Gasteiger partial charge >= 0.3 is 5.69 Å². The first-order valence-corrected chi connectivity index (χ1v) is 8.01. The van der Waals surface area contributed by atoms with Crippen molar-refractivity contribution < 1.29 is 15.0 Å². The van der Waals surface area contributed by atoms with Gasteiger partial charge < -0.3 is 5.11 Å². The van der Waals surface area contributed by atoms with E-state index in [1.54, 1.807) is 0 Å². The monoisotopic (exact) mass is 348 g/mol. The highest BCUT2D eigenvalue weighted by atomic mass is 16.6. The molecule has 9 nitrogen and oxygen atoms in total. The molecule has 2 bridgehead atoms. The first kappa shape index (κ1) is 17.3. The highest BCUT2D eigenvalue weighted by Crippen LogP contribution is 2.64. The van der Waals surface area contributed by atoms with E-state index in [9.17, 15) is 25.3 Å². The maximum absolute atomic E-state index is 11.2. The van der Waals surface area contributed by atoms with Crippen LogP contribution in [-0.2, 0) is 0 Å². The van der Waals surface area contributed by atoms with Gasteiger partial charge in [0.2, 0.25) is 0 Å². The highest BCUT2D eigenvalue weighted by molar-refractivity contribution is 5.92. The molecule has 2 fully saturated rings. The van der Waals surface area contributed by atoms with Crippen molar-refractivity contribution in [2.45, 2.75) is 39.7 Å². The van der Waals surface area contributed by atoms with Crippen LogP contribution in [0, 0.1) is 37.0 Å². The number of anilines is 1. The lowest BCUT2D eigenvalue weighted by Gasteiger charge is -2.36. The van der Waals surface area contributed by atoms with E-state index in [0.29, 0.717) is 12.8 Å².